The van der Waals surface area contributed by atoms with Gasteiger partial charge in [-0.3, -0.25) is 0 Å². The van der Waals surface area contributed by atoms with Crippen molar-refractivity contribution in [1.29, 1.82) is 0 Å². The maximum Gasteiger partial charge on any atom is -0.0388 e. The maximum absolute atomic E-state index is 2.55. The van der Waals surface area contributed by atoms with E-state index in [-0.39, 0.29) is 0 Å². The van der Waals surface area contributed by atoms with Crippen molar-refractivity contribution in [2.45, 2.75) is 144 Å². The van der Waals surface area contributed by atoms with Crippen molar-refractivity contribution in [2.75, 3.05) is 0 Å². The summed E-state index contributed by atoms with van der Waals surface area (Å²) in [5.41, 5.74) is 0. The molecule has 0 heterocycles. The zero-order chi connectivity index (χ0) is 18.8. The van der Waals surface area contributed by atoms with Crippen LogP contribution in [0.3, 0.4) is 0 Å². The molecule has 0 aliphatic heterocycles. The first-order valence-corrected chi connectivity index (χ1v) is 12.1. The number of hydrogen-bond acceptors (Lipinski definition) is 0. The van der Waals surface area contributed by atoms with Gasteiger partial charge < -0.3 is 0 Å². The normalized spacial score (nSPS) is 14.2. The van der Waals surface area contributed by atoms with E-state index in [1.54, 1.807) is 0 Å². The molecule has 0 aromatic heterocycles. The van der Waals surface area contributed by atoms with Gasteiger partial charge in [-0.25, -0.2) is 0 Å². The van der Waals surface area contributed by atoms with Gasteiger partial charge in [0.1, 0.15) is 0 Å². The smallest absolute Gasteiger partial charge is 0.0388 e. The zero-order valence-electron chi connectivity index (χ0n) is 18.8. The Morgan fingerprint density at radius 2 is 0.840 bits per heavy atom. The molecular weight excluding hydrogens is 300 g/mol. The van der Waals surface area contributed by atoms with Gasteiger partial charge in [-0.05, 0) is 17.8 Å². The molecule has 0 aromatic carbocycles. The molecular formula is C25H52. The summed E-state index contributed by atoms with van der Waals surface area (Å²) in [6.07, 6.45) is 24.7. The fourth-order valence-corrected chi connectivity index (χ4v) is 4.16. The summed E-state index contributed by atoms with van der Waals surface area (Å²) in [4.78, 5) is 0. The highest BCUT2D eigenvalue weighted by atomic mass is 14.2. The van der Waals surface area contributed by atoms with E-state index in [1.807, 2.05) is 0 Å². The molecule has 2 atom stereocenters. The highest BCUT2D eigenvalue weighted by Gasteiger charge is 2.16. The first-order chi connectivity index (χ1) is 12.1. The Morgan fingerprint density at radius 1 is 0.440 bits per heavy atom. The van der Waals surface area contributed by atoms with Crippen molar-refractivity contribution in [3.8, 4) is 0 Å². The second-order valence-electron chi connectivity index (χ2n) is 9.17. The zero-order valence-corrected chi connectivity index (χ0v) is 18.8. The summed E-state index contributed by atoms with van der Waals surface area (Å²) in [5, 5.41) is 0. The molecule has 2 unspecified atom stereocenters. The lowest BCUT2D eigenvalue weighted by Crippen LogP contribution is -2.12. The fourth-order valence-electron chi connectivity index (χ4n) is 4.16. The Hall–Kier alpha value is 0. The van der Waals surface area contributed by atoms with Crippen LogP contribution in [0.2, 0.25) is 0 Å². The Bertz CT molecular complexity index is 242. The lowest BCUT2D eigenvalue weighted by molar-refractivity contribution is 0.275. The molecule has 0 N–H and O–H groups in total. The first kappa shape index (κ1) is 25.0. The molecule has 0 saturated heterocycles. The first-order valence-electron chi connectivity index (χ1n) is 12.1. The van der Waals surface area contributed by atoms with Gasteiger partial charge in [0.2, 0.25) is 0 Å². The van der Waals surface area contributed by atoms with E-state index in [4.69, 9.17) is 0 Å². The van der Waals surface area contributed by atoms with Crippen LogP contribution in [0.5, 0.6) is 0 Å². The van der Waals surface area contributed by atoms with Crippen LogP contribution >= 0.6 is 0 Å². The number of hydrogen-bond donors (Lipinski definition) is 0. The van der Waals surface area contributed by atoms with Crippen LogP contribution in [-0.4, -0.2) is 0 Å². The average Bonchev–Trinajstić information content (AvgIpc) is 2.59. The Balaban J connectivity index is 3.85. The predicted octanol–water partition coefficient (Wildman–Crippen LogP) is 9.57. The SMILES string of the molecule is CCCCCCC(C)C(CCCCC)CCCCCCCCC(C)C. The van der Waals surface area contributed by atoms with Crippen LogP contribution < -0.4 is 0 Å². The van der Waals surface area contributed by atoms with Crippen molar-refractivity contribution in [1.82, 2.24) is 0 Å². The topological polar surface area (TPSA) is 0 Å². The summed E-state index contributed by atoms with van der Waals surface area (Å²) in [7, 11) is 0. The molecule has 0 aliphatic carbocycles. The lowest BCUT2D eigenvalue weighted by Gasteiger charge is -2.24. The highest BCUT2D eigenvalue weighted by molar-refractivity contribution is 4.68. The molecule has 0 aromatic rings. The molecule has 152 valence electrons. The molecule has 25 heavy (non-hydrogen) atoms. The molecule has 0 radical (unpaired) electrons. The predicted molar refractivity (Wildman–Crippen MR) is 117 cm³/mol. The van der Waals surface area contributed by atoms with Crippen molar-refractivity contribution < 1.29 is 0 Å². The summed E-state index contributed by atoms with van der Waals surface area (Å²) < 4.78 is 0. The third kappa shape index (κ3) is 17.2. The minimum atomic E-state index is 0.891. The summed E-state index contributed by atoms with van der Waals surface area (Å²) in [6.45, 7) is 11.9. The van der Waals surface area contributed by atoms with Gasteiger partial charge in [0.15, 0.2) is 0 Å². The minimum Gasteiger partial charge on any atom is -0.0654 e. The molecule has 0 saturated carbocycles. The van der Waals surface area contributed by atoms with Gasteiger partial charge in [0, 0.05) is 0 Å². The second-order valence-corrected chi connectivity index (χ2v) is 9.17. The van der Waals surface area contributed by atoms with Gasteiger partial charge in [-0.2, -0.15) is 0 Å². The molecule has 0 nitrogen and oxygen atoms in total. The highest BCUT2D eigenvalue weighted by Crippen LogP contribution is 2.29. The van der Waals surface area contributed by atoms with Crippen LogP contribution in [0.25, 0.3) is 0 Å². The van der Waals surface area contributed by atoms with Crippen LogP contribution in [0.15, 0.2) is 0 Å². The Labute approximate surface area is 161 Å². The van der Waals surface area contributed by atoms with Crippen LogP contribution in [0.1, 0.15) is 144 Å². The summed E-state index contributed by atoms with van der Waals surface area (Å²) in [5.74, 6) is 2.86. The van der Waals surface area contributed by atoms with Gasteiger partial charge in [0.05, 0.1) is 0 Å². The van der Waals surface area contributed by atoms with Gasteiger partial charge in [-0.15, -0.1) is 0 Å². The van der Waals surface area contributed by atoms with Crippen LogP contribution in [0.4, 0.5) is 0 Å². The number of rotatable bonds is 19. The maximum atomic E-state index is 2.55. The molecule has 0 bridgehead atoms. The third-order valence-electron chi connectivity index (χ3n) is 6.10. The fraction of sp³-hybridized carbons (Fsp3) is 1.00. The molecule has 0 amide bonds. The van der Waals surface area contributed by atoms with E-state index >= 15 is 0 Å². The van der Waals surface area contributed by atoms with E-state index in [1.165, 1.54) is 109 Å². The van der Waals surface area contributed by atoms with Gasteiger partial charge in [-0.1, -0.05) is 144 Å². The molecule has 0 rings (SSSR count). The molecule has 0 heteroatoms. The van der Waals surface area contributed by atoms with E-state index in [0.717, 1.165) is 17.8 Å². The minimum absolute atomic E-state index is 0.891. The van der Waals surface area contributed by atoms with E-state index in [0.29, 0.717) is 0 Å². The van der Waals surface area contributed by atoms with Crippen LogP contribution in [-0.2, 0) is 0 Å². The quantitative estimate of drug-likeness (QED) is 0.203. The van der Waals surface area contributed by atoms with Crippen molar-refractivity contribution >= 4 is 0 Å². The molecule has 0 aliphatic rings. The monoisotopic (exact) mass is 352 g/mol. The van der Waals surface area contributed by atoms with E-state index < -0.39 is 0 Å². The standard InChI is InChI=1S/C25H52/c1-6-8-10-17-20-24(5)25(21-15-9-7-2)22-18-14-12-11-13-16-19-23(3)4/h23-25H,6-22H2,1-5H3. The Morgan fingerprint density at radius 3 is 1.40 bits per heavy atom. The van der Waals surface area contributed by atoms with Crippen LogP contribution in [0, 0.1) is 17.8 Å². The van der Waals surface area contributed by atoms with Crippen molar-refractivity contribution in [3.63, 3.8) is 0 Å². The second kappa shape index (κ2) is 18.8. The third-order valence-corrected chi connectivity index (χ3v) is 6.10. The van der Waals surface area contributed by atoms with Gasteiger partial charge >= 0.3 is 0 Å². The van der Waals surface area contributed by atoms with E-state index in [9.17, 15) is 0 Å². The van der Waals surface area contributed by atoms with E-state index in [2.05, 4.69) is 34.6 Å². The number of unbranched alkanes of at least 4 members (excludes halogenated alkanes) is 10. The van der Waals surface area contributed by atoms with Crippen molar-refractivity contribution in [2.24, 2.45) is 17.8 Å². The summed E-state index contributed by atoms with van der Waals surface area (Å²) in [6, 6.07) is 0. The van der Waals surface area contributed by atoms with Gasteiger partial charge in [0.25, 0.3) is 0 Å². The lowest BCUT2D eigenvalue weighted by atomic mass is 9.82. The summed E-state index contributed by atoms with van der Waals surface area (Å²) >= 11 is 0. The Kier molecular flexibility index (Phi) is 18.8. The molecule has 0 fully saturated rings. The average molecular weight is 353 g/mol. The van der Waals surface area contributed by atoms with Crippen molar-refractivity contribution in [3.05, 3.63) is 0 Å². The molecule has 0 spiro atoms. The largest absolute Gasteiger partial charge is 0.0654 e.